The van der Waals surface area contributed by atoms with Crippen molar-refractivity contribution in [3.63, 3.8) is 0 Å². The standard InChI is InChI=1S/C6H9N3O6S2/c7-4-1-5(16(10,11)14-8)3-6(2-4)17(12,13)15-9/h1-3H,7-9H2. The second kappa shape index (κ2) is 4.56. The van der Waals surface area contributed by atoms with E-state index in [9.17, 15) is 16.8 Å². The summed E-state index contributed by atoms with van der Waals surface area (Å²) in [6.07, 6.45) is 0. The molecule has 0 atom stereocenters. The van der Waals surface area contributed by atoms with Crippen LogP contribution in [0.25, 0.3) is 0 Å². The molecule has 1 aromatic rings. The Morgan fingerprint density at radius 2 is 1.18 bits per heavy atom. The van der Waals surface area contributed by atoms with Crippen LogP contribution < -0.4 is 17.5 Å². The third kappa shape index (κ3) is 2.91. The number of benzene rings is 1. The number of nitrogen functional groups attached to an aromatic ring is 1. The highest BCUT2D eigenvalue weighted by molar-refractivity contribution is 7.87. The topological polar surface area (TPSA) is 165 Å². The first-order chi connectivity index (χ1) is 7.73. The Labute approximate surface area is 97.3 Å². The molecule has 0 spiro atoms. The van der Waals surface area contributed by atoms with Crippen molar-refractivity contribution in [3.05, 3.63) is 18.2 Å². The maximum absolute atomic E-state index is 11.3. The summed E-state index contributed by atoms with van der Waals surface area (Å²) in [6.45, 7) is 0. The molecule has 1 aromatic carbocycles. The van der Waals surface area contributed by atoms with Crippen LogP contribution in [0.15, 0.2) is 28.0 Å². The molecule has 0 saturated carbocycles. The summed E-state index contributed by atoms with van der Waals surface area (Å²) >= 11 is 0. The summed E-state index contributed by atoms with van der Waals surface area (Å²) in [5.41, 5.74) is 5.20. The van der Waals surface area contributed by atoms with Crippen LogP contribution in [0, 0.1) is 0 Å². The molecule has 0 radical (unpaired) electrons. The Morgan fingerprint density at radius 1 is 0.824 bits per heavy atom. The van der Waals surface area contributed by atoms with E-state index < -0.39 is 30.0 Å². The van der Waals surface area contributed by atoms with Crippen LogP contribution in [0.3, 0.4) is 0 Å². The summed E-state index contributed by atoms with van der Waals surface area (Å²) in [7, 11) is -8.55. The van der Waals surface area contributed by atoms with Crippen LogP contribution in [-0.2, 0) is 28.8 Å². The van der Waals surface area contributed by atoms with Gasteiger partial charge in [-0.15, -0.1) is 0 Å². The van der Waals surface area contributed by atoms with E-state index in [4.69, 9.17) is 5.73 Å². The molecule has 0 fully saturated rings. The van der Waals surface area contributed by atoms with E-state index in [2.05, 4.69) is 20.4 Å². The second-order valence-electron chi connectivity index (χ2n) is 2.84. The highest BCUT2D eigenvalue weighted by Gasteiger charge is 2.21. The zero-order valence-electron chi connectivity index (χ0n) is 8.23. The minimum atomic E-state index is -4.27. The lowest BCUT2D eigenvalue weighted by molar-refractivity contribution is 0.331. The number of nitrogens with two attached hydrogens (primary N) is 3. The molecule has 0 heterocycles. The molecule has 0 aliphatic rings. The maximum atomic E-state index is 11.3. The fourth-order valence-electron chi connectivity index (χ4n) is 0.994. The lowest BCUT2D eigenvalue weighted by Gasteiger charge is -2.06. The Bertz CT molecular complexity index is 571. The van der Waals surface area contributed by atoms with Gasteiger partial charge in [0.25, 0.3) is 0 Å². The number of hydrogen-bond donors (Lipinski definition) is 3. The summed E-state index contributed by atoms with van der Waals surface area (Å²) in [4.78, 5) is -1.06. The summed E-state index contributed by atoms with van der Waals surface area (Å²) in [6, 6.07) is 2.69. The number of rotatable bonds is 4. The van der Waals surface area contributed by atoms with Gasteiger partial charge in [0.15, 0.2) is 0 Å². The fourth-order valence-corrected chi connectivity index (χ4v) is 2.39. The van der Waals surface area contributed by atoms with Gasteiger partial charge in [-0.3, -0.25) is 0 Å². The molecule has 0 bridgehead atoms. The van der Waals surface area contributed by atoms with Crippen molar-refractivity contribution >= 4 is 25.9 Å². The van der Waals surface area contributed by atoms with Crippen molar-refractivity contribution in [3.8, 4) is 0 Å². The molecule has 9 nitrogen and oxygen atoms in total. The average Bonchev–Trinajstić information content (AvgIpc) is 2.28. The van der Waals surface area contributed by atoms with Gasteiger partial charge >= 0.3 is 20.2 Å². The van der Waals surface area contributed by atoms with Crippen LogP contribution in [-0.4, -0.2) is 16.8 Å². The molecule has 1 rings (SSSR count). The van der Waals surface area contributed by atoms with Gasteiger partial charge in [0.2, 0.25) is 0 Å². The van der Waals surface area contributed by atoms with Crippen LogP contribution in [0.1, 0.15) is 0 Å². The van der Waals surface area contributed by atoms with Gasteiger partial charge < -0.3 is 5.73 Å². The van der Waals surface area contributed by atoms with Gasteiger partial charge in [0.1, 0.15) is 0 Å². The Balaban J connectivity index is 3.51. The van der Waals surface area contributed by atoms with E-state index in [1.165, 1.54) is 0 Å². The zero-order chi connectivity index (χ0) is 13.3. The van der Waals surface area contributed by atoms with Crippen LogP contribution in [0.5, 0.6) is 0 Å². The van der Waals surface area contributed by atoms with Gasteiger partial charge in [-0.25, -0.2) is 0 Å². The van der Waals surface area contributed by atoms with Crippen molar-refractivity contribution in [1.29, 1.82) is 0 Å². The molecule has 0 amide bonds. The summed E-state index contributed by atoms with van der Waals surface area (Å²) in [5, 5.41) is 0. The van der Waals surface area contributed by atoms with Crippen molar-refractivity contribution < 1.29 is 25.4 Å². The second-order valence-corrected chi connectivity index (χ2v) is 5.98. The van der Waals surface area contributed by atoms with Gasteiger partial charge in [-0.1, -0.05) is 0 Å². The molecule has 17 heavy (non-hydrogen) atoms. The highest BCUT2D eigenvalue weighted by Crippen LogP contribution is 2.21. The van der Waals surface area contributed by atoms with E-state index in [1.54, 1.807) is 0 Å². The minimum absolute atomic E-state index is 0.140. The normalized spacial score (nSPS) is 12.6. The molecule has 0 aliphatic carbocycles. The largest absolute Gasteiger partial charge is 0.399 e. The van der Waals surface area contributed by atoms with E-state index in [1.807, 2.05) is 0 Å². The summed E-state index contributed by atoms with van der Waals surface area (Å²) in [5.74, 6) is 9.09. The third-order valence-electron chi connectivity index (χ3n) is 1.73. The van der Waals surface area contributed by atoms with Gasteiger partial charge in [0, 0.05) is 5.69 Å². The van der Waals surface area contributed by atoms with Gasteiger partial charge in [-0.05, 0) is 18.2 Å². The Morgan fingerprint density at radius 3 is 1.47 bits per heavy atom. The molecule has 0 unspecified atom stereocenters. The average molecular weight is 283 g/mol. The third-order valence-corrected chi connectivity index (χ3v) is 3.87. The quantitative estimate of drug-likeness (QED) is 0.437. The maximum Gasteiger partial charge on any atom is 0.312 e. The predicted molar refractivity (Wildman–Crippen MR) is 55.8 cm³/mol. The molecule has 0 aliphatic heterocycles. The zero-order valence-corrected chi connectivity index (χ0v) is 9.86. The molecule has 96 valence electrons. The molecule has 0 aromatic heterocycles. The summed E-state index contributed by atoms with van der Waals surface area (Å²) < 4.78 is 52.5. The minimum Gasteiger partial charge on any atom is -0.399 e. The Hall–Kier alpha value is -1.24. The van der Waals surface area contributed by atoms with E-state index in [0.29, 0.717) is 0 Å². The van der Waals surface area contributed by atoms with Gasteiger partial charge in [-0.2, -0.15) is 37.2 Å². The van der Waals surface area contributed by atoms with E-state index >= 15 is 0 Å². The van der Waals surface area contributed by atoms with Crippen molar-refractivity contribution in [2.75, 3.05) is 5.73 Å². The van der Waals surface area contributed by atoms with Crippen LogP contribution >= 0.6 is 0 Å². The van der Waals surface area contributed by atoms with Crippen LogP contribution in [0.4, 0.5) is 5.69 Å². The highest BCUT2D eigenvalue weighted by atomic mass is 32.2. The number of anilines is 1. The molecule has 11 heteroatoms. The van der Waals surface area contributed by atoms with Gasteiger partial charge in [0.05, 0.1) is 9.79 Å². The molecule has 6 N–H and O–H groups in total. The SMILES string of the molecule is NOS(=O)(=O)c1cc(N)cc(S(=O)(=O)ON)c1. The van der Waals surface area contributed by atoms with Crippen molar-refractivity contribution in [2.45, 2.75) is 9.79 Å². The molecular formula is C6H9N3O6S2. The van der Waals surface area contributed by atoms with E-state index in [-0.39, 0.29) is 5.69 Å². The fraction of sp³-hybridized carbons (Fsp3) is 0. The van der Waals surface area contributed by atoms with Crippen LogP contribution in [0.2, 0.25) is 0 Å². The Kier molecular flexibility index (Phi) is 3.71. The predicted octanol–water partition coefficient (Wildman–Crippen LogP) is -1.57. The van der Waals surface area contributed by atoms with Crippen molar-refractivity contribution in [2.24, 2.45) is 11.8 Å². The van der Waals surface area contributed by atoms with Crippen molar-refractivity contribution in [1.82, 2.24) is 0 Å². The monoisotopic (exact) mass is 283 g/mol. The lowest BCUT2D eigenvalue weighted by Crippen LogP contribution is -2.15. The lowest BCUT2D eigenvalue weighted by atomic mass is 10.3. The number of hydrogen-bond acceptors (Lipinski definition) is 9. The smallest absolute Gasteiger partial charge is 0.312 e. The molecule has 0 saturated heterocycles. The first-order valence-corrected chi connectivity index (χ1v) is 6.72. The first-order valence-electron chi connectivity index (χ1n) is 3.90. The van der Waals surface area contributed by atoms with E-state index in [0.717, 1.165) is 18.2 Å². The molecular weight excluding hydrogens is 274 g/mol. The first kappa shape index (κ1) is 13.8.